The van der Waals surface area contributed by atoms with Gasteiger partial charge in [-0.25, -0.2) is 4.98 Å². The highest BCUT2D eigenvalue weighted by atomic mass is 16.5. The number of aryl methyl sites for hydroxylation is 1. The van der Waals surface area contributed by atoms with Gasteiger partial charge in [0.25, 0.3) is 0 Å². The number of rotatable bonds is 6. The molecule has 1 fully saturated rings. The summed E-state index contributed by atoms with van der Waals surface area (Å²) in [4.78, 5) is 9.79. The van der Waals surface area contributed by atoms with Crippen LogP contribution in [-0.2, 0) is 18.3 Å². The number of aromatic amines is 1. The Bertz CT molecular complexity index is 566. The Morgan fingerprint density at radius 2 is 2.41 bits per heavy atom. The number of hydrogen-bond donors (Lipinski definition) is 2. The zero-order valence-corrected chi connectivity index (χ0v) is 13.2. The maximum absolute atomic E-state index is 6.03. The van der Waals surface area contributed by atoms with Crippen molar-refractivity contribution >= 4 is 0 Å². The smallest absolute Gasteiger partial charge is 0.120 e. The molecule has 0 spiro atoms. The second kappa shape index (κ2) is 7.04. The minimum atomic E-state index is 0.118. The molecule has 3 heterocycles. The molecule has 1 saturated heterocycles. The molecule has 0 bridgehead atoms. The van der Waals surface area contributed by atoms with E-state index >= 15 is 0 Å². The van der Waals surface area contributed by atoms with Crippen LogP contribution in [0.15, 0.2) is 24.8 Å². The van der Waals surface area contributed by atoms with Gasteiger partial charge < -0.3 is 15.0 Å². The lowest BCUT2D eigenvalue weighted by atomic mass is 10.0. The predicted octanol–water partition coefficient (Wildman–Crippen LogP) is 0.695. The van der Waals surface area contributed by atoms with E-state index < -0.39 is 0 Å². The zero-order chi connectivity index (χ0) is 15.4. The van der Waals surface area contributed by atoms with E-state index in [-0.39, 0.29) is 12.1 Å². The van der Waals surface area contributed by atoms with Gasteiger partial charge in [0, 0.05) is 44.3 Å². The van der Waals surface area contributed by atoms with Gasteiger partial charge in [0.15, 0.2) is 0 Å². The molecule has 7 nitrogen and oxygen atoms in total. The number of imidazole rings is 1. The monoisotopic (exact) mass is 304 g/mol. The number of likely N-dealkylation sites (N-methyl/N-ethyl adjacent to an activating group) is 1. The van der Waals surface area contributed by atoms with Crippen molar-refractivity contribution in [1.29, 1.82) is 0 Å². The fourth-order valence-electron chi connectivity index (χ4n) is 3.06. The Morgan fingerprint density at radius 1 is 1.50 bits per heavy atom. The average Bonchev–Trinajstić information content (AvgIpc) is 3.18. The molecule has 0 aliphatic carbocycles. The molecule has 22 heavy (non-hydrogen) atoms. The van der Waals surface area contributed by atoms with Gasteiger partial charge in [-0.05, 0) is 6.54 Å². The third-order valence-electron chi connectivity index (χ3n) is 4.12. The van der Waals surface area contributed by atoms with E-state index in [1.165, 1.54) is 5.56 Å². The maximum atomic E-state index is 6.03. The average molecular weight is 304 g/mol. The van der Waals surface area contributed by atoms with E-state index in [2.05, 4.69) is 38.4 Å². The molecule has 0 aromatic carbocycles. The van der Waals surface area contributed by atoms with Crippen LogP contribution in [0, 0.1) is 0 Å². The van der Waals surface area contributed by atoms with Crippen LogP contribution in [0.25, 0.3) is 0 Å². The summed E-state index contributed by atoms with van der Waals surface area (Å²) in [5, 5.41) is 7.75. The Kier molecular flexibility index (Phi) is 4.87. The highest BCUT2D eigenvalue weighted by molar-refractivity contribution is 5.14. The Morgan fingerprint density at radius 3 is 3.09 bits per heavy atom. The topological polar surface area (TPSA) is 71.0 Å². The van der Waals surface area contributed by atoms with Crippen molar-refractivity contribution in [2.24, 2.45) is 7.05 Å². The maximum Gasteiger partial charge on any atom is 0.120 e. The van der Waals surface area contributed by atoms with Crippen molar-refractivity contribution < 1.29 is 4.74 Å². The van der Waals surface area contributed by atoms with Gasteiger partial charge >= 0.3 is 0 Å². The number of nitrogens with zero attached hydrogens (tertiary/aromatic N) is 4. The Balaban J connectivity index is 1.66. The van der Waals surface area contributed by atoms with Crippen LogP contribution in [0.2, 0.25) is 0 Å². The van der Waals surface area contributed by atoms with Crippen molar-refractivity contribution in [3.8, 4) is 0 Å². The van der Waals surface area contributed by atoms with Gasteiger partial charge in [-0.1, -0.05) is 6.92 Å². The molecular formula is C15H24N6O. The summed E-state index contributed by atoms with van der Waals surface area (Å²) in [6.07, 6.45) is 7.76. The lowest BCUT2D eigenvalue weighted by molar-refractivity contribution is -0.0695. The standard InChI is InChI=1S/C15H24N6O/c1-3-21-6-7-22-13(9-16-10-14-17-4-5-18-14)15(21)12-8-19-20(2)11-12/h4-5,8,11,13,15-16H,3,6-7,9-10H2,1-2H3,(H,17,18)/t13-,15-/m0/s1. The molecule has 2 aromatic rings. The van der Waals surface area contributed by atoms with Gasteiger partial charge in [-0.15, -0.1) is 0 Å². The molecule has 0 unspecified atom stereocenters. The Hall–Kier alpha value is -1.70. The number of hydrogen-bond acceptors (Lipinski definition) is 5. The van der Waals surface area contributed by atoms with Gasteiger partial charge in [-0.3, -0.25) is 9.58 Å². The second-order valence-electron chi connectivity index (χ2n) is 5.60. The lowest BCUT2D eigenvalue weighted by Gasteiger charge is -2.40. The van der Waals surface area contributed by atoms with E-state index in [9.17, 15) is 0 Å². The van der Waals surface area contributed by atoms with Crippen molar-refractivity contribution in [2.75, 3.05) is 26.2 Å². The van der Waals surface area contributed by atoms with Crippen LogP contribution in [0.1, 0.15) is 24.4 Å². The normalized spacial score (nSPS) is 23.0. The molecule has 0 radical (unpaired) electrons. The molecule has 120 valence electrons. The van der Waals surface area contributed by atoms with E-state index in [4.69, 9.17) is 4.74 Å². The molecule has 0 amide bonds. The number of ether oxygens (including phenoxy) is 1. The molecule has 2 aromatic heterocycles. The molecule has 1 aliphatic heterocycles. The molecule has 2 N–H and O–H groups in total. The van der Waals surface area contributed by atoms with Crippen LogP contribution in [0.4, 0.5) is 0 Å². The molecule has 7 heteroatoms. The summed E-state index contributed by atoms with van der Waals surface area (Å²) in [6, 6.07) is 0.247. The summed E-state index contributed by atoms with van der Waals surface area (Å²) >= 11 is 0. The summed E-state index contributed by atoms with van der Waals surface area (Å²) in [5.74, 6) is 0.945. The van der Waals surface area contributed by atoms with Crippen molar-refractivity contribution in [1.82, 2.24) is 30.0 Å². The summed E-state index contributed by atoms with van der Waals surface area (Å²) in [5.41, 5.74) is 1.22. The van der Waals surface area contributed by atoms with E-state index in [0.717, 1.165) is 38.6 Å². The fourth-order valence-corrected chi connectivity index (χ4v) is 3.06. The molecule has 3 rings (SSSR count). The fraction of sp³-hybridized carbons (Fsp3) is 0.600. The number of nitrogens with one attached hydrogen (secondary N) is 2. The first-order valence-corrected chi connectivity index (χ1v) is 7.81. The van der Waals surface area contributed by atoms with Crippen molar-refractivity contribution in [3.05, 3.63) is 36.2 Å². The van der Waals surface area contributed by atoms with E-state index in [1.54, 1.807) is 6.20 Å². The van der Waals surface area contributed by atoms with Gasteiger partial charge in [0.2, 0.25) is 0 Å². The molecule has 2 atom stereocenters. The van der Waals surface area contributed by atoms with Crippen LogP contribution in [0.3, 0.4) is 0 Å². The largest absolute Gasteiger partial charge is 0.374 e. The number of morpholine rings is 1. The minimum Gasteiger partial charge on any atom is -0.374 e. The van der Waals surface area contributed by atoms with E-state index in [0.29, 0.717) is 0 Å². The van der Waals surface area contributed by atoms with Crippen molar-refractivity contribution in [3.63, 3.8) is 0 Å². The number of aromatic nitrogens is 4. The summed E-state index contributed by atoms with van der Waals surface area (Å²) < 4.78 is 7.89. The number of H-pyrrole nitrogens is 1. The first-order valence-electron chi connectivity index (χ1n) is 7.81. The molecule has 1 aliphatic rings. The second-order valence-corrected chi connectivity index (χ2v) is 5.60. The predicted molar refractivity (Wildman–Crippen MR) is 83.2 cm³/mol. The SMILES string of the molecule is CCN1CCO[C@@H](CNCc2ncc[nH]2)[C@@H]1c1cnn(C)c1. The van der Waals surface area contributed by atoms with Crippen LogP contribution >= 0.6 is 0 Å². The van der Waals surface area contributed by atoms with Gasteiger partial charge in [0.05, 0.1) is 31.5 Å². The van der Waals surface area contributed by atoms with E-state index in [1.807, 2.05) is 24.1 Å². The van der Waals surface area contributed by atoms with Crippen molar-refractivity contribution in [2.45, 2.75) is 25.6 Å². The summed E-state index contributed by atoms with van der Waals surface area (Å²) in [6.45, 7) is 6.46. The van der Waals surface area contributed by atoms with Gasteiger partial charge in [0.1, 0.15) is 5.82 Å². The third-order valence-corrected chi connectivity index (χ3v) is 4.12. The van der Waals surface area contributed by atoms with Crippen LogP contribution in [-0.4, -0.2) is 57.0 Å². The quantitative estimate of drug-likeness (QED) is 0.822. The minimum absolute atomic E-state index is 0.118. The zero-order valence-electron chi connectivity index (χ0n) is 13.2. The van der Waals surface area contributed by atoms with Gasteiger partial charge in [-0.2, -0.15) is 5.10 Å². The lowest BCUT2D eigenvalue weighted by Crippen LogP contribution is -2.48. The van der Waals surface area contributed by atoms with Crippen LogP contribution < -0.4 is 5.32 Å². The third kappa shape index (κ3) is 3.37. The molecular weight excluding hydrogens is 280 g/mol. The summed E-state index contributed by atoms with van der Waals surface area (Å²) in [7, 11) is 1.95. The highest BCUT2D eigenvalue weighted by Gasteiger charge is 2.33. The first-order chi connectivity index (χ1) is 10.8. The Labute approximate surface area is 130 Å². The highest BCUT2D eigenvalue weighted by Crippen LogP contribution is 2.28. The first kappa shape index (κ1) is 15.2. The molecule has 0 saturated carbocycles. The van der Waals surface area contributed by atoms with Crippen LogP contribution in [0.5, 0.6) is 0 Å².